The van der Waals surface area contributed by atoms with Crippen molar-refractivity contribution >= 4 is 17.5 Å². The number of amides is 2. The normalized spacial score (nSPS) is 11.1. The molecule has 2 amide bonds. The lowest BCUT2D eigenvalue weighted by molar-refractivity contribution is -0.137. The van der Waals surface area contributed by atoms with Crippen molar-refractivity contribution in [2.75, 3.05) is 25.6 Å². The summed E-state index contributed by atoms with van der Waals surface area (Å²) in [5.41, 5.74) is 0.106. The fourth-order valence-electron chi connectivity index (χ4n) is 2.09. The molecule has 138 valence electrons. The van der Waals surface area contributed by atoms with E-state index in [2.05, 4.69) is 10.6 Å². The van der Waals surface area contributed by atoms with Gasteiger partial charge in [-0.25, -0.2) is 0 Å². The van der Waals surface area contributed by atoms with Crippen LogP contribution in [0.3, 0.4) is 0 Å². The molecule has 8 heteroatoms. The van der Waals surface area contributed by atoms with Crippen LogP contribution in [-0.2, 0) is 10.9 Å². The van der Waals surface area contributed by atoms with Crippen molar-refractivity contribution in [3.63, 3.8) is 0 Å². The maximum Gasteiger partial charge on any atom is 0.416 e. The largest absolute Gasteiger partial charge is 0.416 e. The average molecular weight is 366 g/mol. The summed E-state index contributed by atoms with van der Waals surface area (Å²) >= 11 is 0. The van der Waals surface area contributed by atoms with Gasteiger partial charge in [0, 0.05) is 30.5 Å². The smallest absolute Gasteiger partial charge is 0.383 e. The lowest BCUT2D eigenvalue weighted by Crippen LogP contribution is -2.26. The lowest BCUT2D eigenvalue weighted by atomic mass is 10.1. The van der Waals surface area contributed by atoms with Gasteiger partial charge in [0.2, 0.25) is 0 Å². The van der Waals surface area contributed by atoms with E-state index in [0.717, 1.165) is 12.1 Å². The van der Waals surface area contributed by atoms with Crippen LogP contribution in [0.1, 0.15) is 26.3 Å². The minimum Gasteiger partial charge on any atom is -0.383 e. The van der Waals surface area contributed by atoms with Gasteiger partial charge in [0.25, 0.3) is 11.8 Å². The predicted molar refractivity (Wildman–Crippen MR) is 90.0 cm³/mol. The zero-order valence-electron chi connectivity index (χ0n) is 13.9. The molecule has 0 aliphatic rings. The SMILES string of the molecule is COCCNC(=O)c1ccc(C(=O)Nc2ccc(C(F)(F)F)cc2)cc1. The Hall–Kier alpha value is -2.87. The average Bonchev–Trinajstić information content (AvgIpc) is 2.61. The topological polar surface area (TPSA) is 67.4 Å². The van der Waals surface area contributed by atoms with Gasteiger partial charge in [-0.1, -0.05) is 0 Å². The molecule has 0 bridgehead atoms. The predicted octanol–water partition coefficient (Wildman–Crippen LogP) is 3.33. The van der Waals surface area contributed by atoms with Gasteiger partial charge in [-0.3, -0.25) is 9.59 Å². The van der Waals surface area contributed by atoms with Crippen LogP contribution in [0.25, 0.3) is 0 Å². The molecule has 0 unspecified atom stereocenters. The number of anilines is 1. The van der Waals surface area contributed by atoms with E-state index in [1.165, 1.54) is 43.5 Å². The first-order valence-electron chi connectivity index (χ1n) is 7.67. The van der Waals surface area contributed by atoms with Gasteiger partial charge in [0.15, 0.2) is 0 Å². The Balaban J connectivity index is 1.98. The molecule has 0 saturated carbocycles. The summed E-state index contributed by atoms with van der Waals surface area (Å²) in [6.07, 6.45) is -4.43. The second kappa shape index (κ2) is 8.48. The van der Waals surface area contributed by atoms with Crippen molar-refractivity contribution in [3.05, 3.63) is 65.2 Å². The van der Waals surface area contributed by atoms with Crippen LogP contribution in [0.15, 0.2) is 48.5 Å². The Morgan fingerprint density at radius 3 is 1.96 bits per heavy atom. The number of ether oxygens (including phenoxy) is 1. The Labute approximate surface area is 148 Å². The van der Waals surface area contributed by atoms with Gasteiger partial charge in [0.1, 0.15) is 0 Å². The van der Waals surface area contributed by atoms with Gasteiger partial charge in [0.05, 0.1) is 12.2 Å². The summed E-state index contributed by atoms with van der Waals surface area (Å²) < 4.78 is 42.4. The number of carbonyl (C=O) groups is 2. The van der Waals surface area contributed by atoms with E-state index < -0.39 is 17.6 Å². The molecule has 2 aromatic rings. The van der Waals surface area contributed by atoms with E-state index in [1.807, 2.05) is 0 Å². The molecule has 0 radical (unpaired) electrons. The van der Waals surface area contributed by atoms with E-state index in [4.69, 9.17) is 4.74 Å². The summed E-state index contributed by atoms with van der Waals surface area (Å²) in [5.74, 6) is -0.784. The van der Waals surface area contributed by atoms with Gasteiger partial charge < -0.3 is 15.4 Å². The zero-order chi connectivity index (χ0) is 19.2. The molecule has 26 heavy (non-hydrogen) atoms. The Kier molecular flexibility index (Phi) is 6.35. The quantitative estimate of drug-likeness (QED) is 0.771. The summed E-state index contributed by atoms with van der Waals surface area (Å²) in [7, 11) is 1.52. The molecular formula is C18H17F3N2O3. The van der Waals surface area contributed by atoms with Crippen LogP contribution in [0.4, 0.5) is 18.9 Å². The van der Waals surface area contributed by atoms with Crippen molar-refractivity contribution in [2.45, 2.75) is 6.18 Å². The molecule has 2 rings (SSSR count). The van der Waals surface area contributed by atoms with Crippen LogP contribution >= 0.6 is 0 Å². The van der Waals surface area contributed by atoms with E-state index >= 15 is 0 Å². The monoisotopic (exact) mass is 366 g/mol. The van der Waals surface area contributed by atoms with Crippen molar-refractivity contribution in [1.29, 1.82) is 0 Å². The Bertz CT molecular complexity index is 757. The highest BCUT2D eigenvalue weighted by Crippen LogP contribution is 2.29. The maximum absolute atomic E-state index is 12.5. The van der Waals surface area contributed by atoms with Crippen LogP contribution in [0.2, 0.25) is 0 Å². The third-order valence-electron chi connectivity index (χ3n) is 3.47. The first-order valence-corrected chi connectivity index (χ1v) is 7.67. The third-order valence-corrected chi connectivity index (χ3v) is 3.47. The molecule has 0 atom stereocenters. The van der Waals surface area contributed by atoms with E-state index in [1.54, 1.807) is 0 Å². The van der Waals surface area contributed by atoms with Gasteiger partial charge in [-0.05, 0) is 48.5 Å². The minimum absolute atomic E-state index is 0.240. The van der Waals surface area contributed by atoms with Crippen molar-refractivity contribution in [2.24, 2.45) is 0 Å². The Morgan fingerprint density at radius 1 is 0.923 bits per heavy atom. The molecule has 5 nitrogen and oxygen atoms in total. The van der Waals surface area contributed by atoms with Crippen molar-refractivity contribution < 1.29 is 27.5 Å². The molecular weight excluding hydrogens is 349 g/mol. The number of alkyl halides is 3. The fraction of sp³-hybridized carbons (Fsp3) is 0.222. The number of benzene rings is 2. The zero-order valence-corrected chi connectivity index (χ0v) is 13.9. The molecule has 0 aliphatic carbocycles. The molecule has 0 heterocycles. The number of halogens is 3. The number of nitrogens with one attached hydrogen (secondary N) is 2. The van der Waals surface area contributed by atoms with Gasteiger partial charge >= 0.3 is 6.18 Å². The van der Waals surface area contributed by atoms with Gasteiger partial charge in [-0.2, -0.15) is 13.2 Å². The number of hydrogen-bond donors (Lipinski definition) is 2. The summed E-state index contributed by atoms with van der Waals surface area (Å²) in [6, 6.07) is 10.0. The number of methoxy groups -OCH3 is 1. The number of hydrogen-bond acceptors (Lipinski definition) is 3. The summed E-state index contributed by atoms with van der Waals surface area (Å²) in [5, 5.41) is 5.15. The van der Waals surface area contributed by atoms with Crippen LogP contribution in [0.5, 0.6) is 0 Å². The van der Waals surface area contributed by atoms with E-state index in [0.29, 0.717) is 18.7 Å². The molecule has 0 saturated heterocycles. The van der Waals surface area contributed by atoms with Crippen molar-refractivity contribution in [1.82, 2.24) is 5.32 Å². The lowest BCUT2D eigenvalue weighted by Gasteiger charge is -2.09. The molecule has 0 spiro atoms. The number of carbonyl (C=O) groups excluding carboxylic acids is 2. The van der Waals surface area contributed by atoms with E-state index in [-0.39, 0.29) is 17.2 Å². The summed E-state index contributed by atoms with van der Waals surface area (Å²) in [6.45, 7) is 0.755. The highest BCUT2D eigenvalue weighted by Gasteiger charge is 2.30. The molecule has 0 fully saturated rings. The minimum atomic E-state index is -4.43. The first kappa shape index (κ1) is 19.5. The first-order chi connectivity index (χ1) is 12.3. The third kappa shape index (κ3) is 5.32. The maximum atomic E-state index is 12.5. The molecule has 2 N–H and O–H groups in total. The number of rotatable bonds is 6. The van der Waals surface area contributed by atoms with Crippen LogP contribution in [-0.4, -0.2) is 32.1 Å². The van der Waals surface area contributed by atoms with Crippen molar-refractivity contribution in [3.8, 4) is 0 Å². The van der Waals surface area contributed by atoms with Gasteiger partial charge in [-0.15, -0.1) is 0 Å². The van der Waals surface area contributed by atoms with Crippen LogP contribution < -0.4 is 10.6 Å². The second-order valence-corrected chi connectivity index (χ2v) is 5.36. The molecule has 0 aliphatic heterocycles. The standard InChI is InChI=1S/C18H17F3N2O3/c1-26-11-10-22-16(24)12-2-4-13(5-3-12)17(25)23-15-8-6-14(7-9-15)18(19,20)21/h2-9H,10-11H2,1H3,(H,22,24)(H,23,25). The molecule has 2 aromatic carbocycles. The highest BCUT2D eigenvalue weighted by molar-refractivity contribution is 6.05. The second-order valence-electron chi connectivity index (χ2n) is 5.36. The molecule has 0 aromatic heterocycles. The fourth-order valence-corrected chi connectivity index (χ4v) is 2.09. The Morgan fingerprint density at radius 2 is 1.46 bits per heavy atom. The summed E-state index contributed by atoms with van der Waals surface area (Å²) in [4.78, 5) is 24.0. The van der Waals surface area contributed by atoms with E-state index in [9.17, 15) is 22.8 Å². The highest BCUT2D eigenvalue weighted by atomic mass is 19.4. The van der Waals surface area contributed by atoms with Crippen LogP contribution in [0, 0.1) is 0 Å².